The van der Waals surface area contributed by atoms with Crippen molar-refractivity contribution < 1.29 is 19.1 Å². The minimum atomic E-state index is -0.463. The fourth-order valence-corrected chi connectivity index (χ4v) is 3.49. The monoisotopic (exact) mass is 389 g/mol. The minimum Gasteiger partial charge on any atom is -0.492 e. The number of hydrogen-bond acceptors (Lipinski definition) is 5. The number of pyridine rings is 1. The van der Waals surface area contributed by atoms with E-state index in [0.29, 0.717) is 43.6 Å². The lowest BCUT2D eigenvalue weighted by atomic mass is 9.98. The lowest BCUT2D eigenvalue weighted by Crippen LogP contribution is -2.42. The third-order valence-corrected chi connectivity index (χ3v) is 5.07. The number of rotatable bonds is 4. The maximum Gasteiger partial charge on any atom is 0.410 e. The van der Waals surface area contributed by atoms with Gasteiger partial charge in [0, 0.05) is 26.1 Å². The Bertz CT molecular complexity index is 676. The van der Waals surface area contributed by atoms with Crippen molar-refractivity contribution in [3.63, 3.8) is 0 Å². The molecule has 2 saturated heterocycles. The standard InChI is InChI=1S/C21H31N3O4/c1-21(2,3)28-20(26)23-12-9-16(10-13-23)15-27-17-7-8-18(22-14-17)24-11-5-4-6-19(24)25/h7-8,14,16H,4-6,9-13,15H2,1-3H3. The summed E-state index contributed by atoms with van der Waals surface area (Å²) in [4.78, 5) is 32.0. The number of amides is 2. The number of ether oxygens (including phenoxy) is 2. The van der Waals surface area contributed by atoms with Gasteiger partial charge in [-0.05, 0) is 64.5 Å². The first-order valence-corrected chi connectivity index (χ1v) is 10.2. The molecule has 7 nitrogen and oxygen atoms in total. The number of piperidine rings is 2. The van der Waals surface area contributed by atoms with Gasteiger partial charge in [-0.1, -0.05) is 0 Å². The Morgan fingerprint density at radius 1 is 1.18 bits per heavy atom. The van der Waals surface area contributed by atoms with Crippen LogP contribution in [0.3, 0.4) is 0 Å². The van der Waals surface area contributed by atoms with Crippen molar-refractivity contribution >= 4 is 17.8 Å². The van der Waals surface area contributed by atoms with Gasteiger partial charge in [-0.25, -0.2) is 9.78 Å². The van der Waals surface area contributed by atoms with Gasteiger partial charge in [0.1, 0.15) is 17.2 Å². The van der Waals surface area contributed by atoms with Crippen LogP contribution in [0.25, 0.3) is 0 Å². The molecule has 2 amide bonds. The molecule has 0 aromatic carbocycles. The minimum absolute atomic E-state index is 0.143. The Morgan fingerprint density at radius 3 is 2.54 bits per heavy atom. The molecule has 2 fully saturated rings. The molecule has 0 aliphatic carbocycles. The normalized spacial score (nSPS) is 18.9. The van der Waals surface area contributed by atoms with Gasteiger partial charge in [0.25, 0.3) is 0 Å². The summed E-state index contributed by atoms with van der Waals surface area (Å²) in [6.45, 7) is 8.37. The second-order valence-corrected chi connectivity index (χ2v) is 8.58. The molecule has 0 atom stereocenters. The number of anilines is 1. The van der Waals surface area contributed by atoms with Crippen LogP contribution in [0.15, 0.2) is 18.3 Å². The summed E-state index contributed by atoms with van der Waals surface area (Å²) in [6, 6.07) is 3.73. The molecule has 1 aromatic heterocycles. The summed E-state index contributed by atoms with van der Waals surface area (Å²) >= 11 is 0. The Hall–Kier alpha value is -2.31. The summed E-state index contributed by atoms with van der Waals surface area (Å²) in [7, 11) is 0. The molecule has 0 spiro atoms. The van der Waals surface area contributed by atoms with Crippen molar-refractivity contribution in [3.05, 3.63) is 18.3 Å². The number of carbonyl (C=O) groups is 2. The van der Waals surface area contributed by atoms with Crippen LogP contribution in [0, 0.1) is 5.92 Å². The number of nitrogens with zero attached hydrogens (tertiary/aromatic N) is 3. The van der Waals surface area contributed by atoms with Gasteiger partial charge in [0.05, 0.1) is 12.8 Å². The second-order valence-electron chi connectivity index (χ2n) is 8.58. The molecule has 2 aliphatic heterocycles. The van der Waals surface area contributed by atoms with Crippen LogP contribution in [-0.4, -0.2) is 53.7 Å². The predicted molar refractivity (Wildman–Crippen MR) is 106 cm³/mol. The molecular formula is C21H31N3O4. The van der Waals surface area contributed by atoms with Gasteiger partial charge in [-0.2, -0.15) is 0 Å². The summed E-state index contributed by atoms with van der Waals surface area (Å²) in [6.07, 6.45) is 5.82. The van der Waals surface area contributed by atoms with E-state index in [2.05, 4.69) is 4.98 Å². The van der Waals surface area contributed by atoms with Crippen LogP contribution >= 0.6 is 0 Å². The zero-order valence-corrected chi connectivity index (χ0v) is 17.1. The van der Waals surface area contributed by atoms with Crippen LogP contribution < -0.4 is 9.64 Å². The molecule has 28 heavy (non-hydrogen) atoms. The average Bonchev–Trinajstić information content (AvgIpc) is 2.66. The maximum atomic E-state index is 12.1. The summed E-state index contributed by atoms with van der Waals surface area (Å²) in [5.74, 6) is 1.96. The Kier molecular flexibility index (Phi) is 6.42. The number of likely N-dealkylation sites (tertiary alicyclic amines) is 1. The van der Waals surface area contributed by atoms with Crippen LogP contribution in [0.2, 0.25) is 0 Å². The molecule has 0 radical (unpaired) electrons. The van der Waals surface area contributed by atoms with E-state index in [9.17, 15) is 9.59 Å². The lowest BCUT2D eigenvalue weighted by molar-refractivity contribution is -0.119. The molecule has 0 unspecified atom stereocenters. The van der Waals surface area contributed by atoms with Crippen molar-refractivity contribution in [2.24, 2.45) is 5.92 Å². The van der Waals surface area contributed by atoms with Crippen LogP contribution in [0.4, 0.5) is 10.6 Å². The molecule has 3 rings (SSSR count). The molecule has 1 aromatic rings. The van der Waals surface area contributed by atoms with Gasteiger partial charge < -0.3 is 14.4 Å². The predicted octanol–water partition coefficient (Wildman–Crippen LogP) is 3.62. The van der Waals surface area contributed by atoms with Crippen molar-refractivity contribution in [2.45, 2.75) is 58.5 Å². The zero-order valence-electron chi connectivity index (χ0n) is 17.1. The third-order valence-electron chi connectivity index (χ3n) is 5.07. The molecule has 0 N–H and O–H groups in total. The second kappa shape index (κ2) is 8.80. The number of aromatic nitrogens is 1. The van der Waals surface area contributed by atoms with Crippen LogP contribution in [0.1, 0.15) is 52.9 Å². The van der Waals surface area contributed by atoms with Gasteiger partial charge in [0.15, 0.2) is 0 Å². The zero-order chi connectivity index (χ0) is 20.1. The summed E-state index contributed by atoms with van der Waals surface area (Å²) in [5.41, 5.74) is -0.463. The molecule has 3 heterocycles. The maximum absolute atomic E-state index is 12.1. The van der Waals surface area contributed by atoms with Crippen molar-refractivity contribution in [1.82, 2.24) is 9.88 Å². The van der Waals surface area contributed by atoms with Gasteiger partial charge in [-0.3, -0.25) is 9.69 Å². The van der Waals surface area contributed by atoms with Crippen molar-refractivity contribution in [2.75, 3.05) is 31.1 Å². The number of hydrogen-bond donors (Lipinski definition) is 0. The Labute approximate surface area is 167 Å². The van der Waals surface area contributed by atoms with E-state index in [4.69, 9.17) is 9.47 Å². The van der Waals surface area contributed by atoms with Crippen molar-refractivity contribution in [1.29, 1.82) is 0 Å². The highest BCUT2D eigenvalue weighted by Crippen LogP contribution is 2.23. The van der Waals surface area contributed by atoms with Gasteiger partial charge >= 0.3 is 6.09 Å². The molecule has 0 bridgehead atoms. The Balaban J connectivity index is 1.43. The quantitative estimate of drug-likeness (QED) is 0.786. The van der Waals surface area contributed by atoms with Crippen molar-refractivity contribution in [3.8, 4) is 5.75 Å². The smallest absolute Gasteiger partial charge is 0.410 e. The van der Waals surface area contributed by atoms with E-state index in [1.165, 1.54) is 0 Å². The van der Waals surface area contributed by atoms with Gasteiger partial charge in [-0.15, -0.1) is 0 Å². The Morgan fingerprint density at radius 2 is 1.93 bits per heavy atom. The van der Waals surface area contributed by atoms with E-state index < -0.39 is 5.60 Å². The average molecular weight is 389 g/mol. The molecule has 0 saturated carbocycles. The fraction of sp³-hybridized carbons (Fsp3) is 0.667. The highest BCUT2D eigenvalue weighted by Gasteiger charge is 2.27. The SMILES string of the molecule is CC(C)(C)OC(=O)N1CCC(COc2ccc(N3CCCCC3=O)nc2)CC1. The van der Waals surface area contributed by atoms with E-state index in [0.717, 1.165) is 32.2 Å². The fourth-order valence-electron chi connectivity index (χ4n) is 3.49. The van der Waals surface area contributed by atoms with Crippen LogP contribution in [0.5, 0.6) is 5.75 Å². The first-order chi connectivity index (χ1) is 13.3. The molecule has 2 aliphatic rings. The summed E-state index contributed by atoms with van der Waals surface area (Å²) < 4.78 is 11.3. The van der Waals surface area contributed by atoms with E-state index in [1.807, 2.05) is 32.9 Å². The third kappa shape index (κ3) is 5.59. The largest absolute Gasteiger partial charge is 0.492 e. The first kappa shape index (κ1) is 20.4. The highest BCUT2D eigenvalue weighted by molar-refractivity contribution is 5.93. The van der Waals surface area contributed by atoms with E-state index in [1.54, 1.807) is 16.0 Å². The molecular weight excluding hydrogens is 358 g/mol. The number of carbonyl (C=O) groups excluding carboxylic acids is 2. The highest BCUT2D eigenvalue weighted by atomic mass is 16.6. The van der Waals surface area contributed by atoms with Crippen LogP contribution in [-0.2, 0) is 9.53 Å². The van der Waals surface area contributed by atoms with E-state index in [-0.39, 0.29) is 12.0 Å². The van der Waals surface area contributed by atoms with Gasteiger partial charge in [0.2, 0.25) is 5.91 Å². The molecule has 7 heteroatoms. The summed E-state index contributed by atoms with van der Waals surface area (Å²) in [5, 5.41) is 0. The first-order valence-electron chi connectivity index (χ1n) is 10.2. The topological polar surface area (TPSA) is 72.0 Å². The molecule has 154 valence electrons. The lowest BCUT2D eigenvalue weighted by Gasteiger charge is -2.33. The van der Waals surface area contributed by atoms with E-state index >= 15 is 0 Å².